The van der Waals surface area contributed by atoms with Crippen molar-refractivity contribution in [3.63, 3.8) is 0 Å². The Morgan fingerprint density at radius 1 is 0.926 bits per heavy atom. The first-order valence-corrected chi connectivity index (χ1v) is 10.0. The van der Waals surface area contributed by atoms with Crippen LogP contribution in [0.2, 0.25) is 0 Å². The van der Waals surface area contributed by atoms with E-state index in [-0.39, 0.29) is 11.7 Å². The fraction of sp³-hybridized carbons (Fsp3) is 0.417. The maximum absolute atomic E-state index is 13.4. The molecule has 0 aromatic heterocycles. The minimum atomic E-state index is -0.508. The Morgan fingerprint density at radius 2 is 1.52 bits per heavy atom. The number of rotatable bonds is 7. The molecular formula is C24H29NO2. The number of hydrogen-bond acceptors (Lipinski definition) is 2. The summed E-state index contributed by atoms with van der Waals surface area (Å²) in [5, 5.41) is 0. The Balaban J connectivity index is 1.87. The number of nitrogens with zero attached hydrogens (tertiary/aromatic N) is 1. The Morgan fingerprint density at radius 3 is 2.11 bits per heavy atom. The molecule has 142 valence electrons. The van der Waals surface area contributed by atoms with Gasteiger partial charge in [-0.1, -0.05) is 92.8 Å². The Hall–Kier alpha value is -2.42. The lowest BCUT2D eigenvalue weighted by Crippen LogP contribution is -2.38. The number of ketones is 1. The predicted octanol–water partition coefficient (Wildman–Crippen LogP) is 5.32. The molecule has 0 radical (unpaired) electrons. The van der Waals surface area contributed by atoms with Gasteiger partial charge in [0.25, 0.3) is 0 Å². The van der Waals surface area contributed by atoms with Gasteiger partial charge in [0.05, 0.1) is 0 Å². The van der Waals surface area contributed by atoms with Crippen LogP contribution in [-0.4, -0.2) is 16.6 Å². The van der Waals surface area contributed by atoms with E-state index in [2.05, 4.69) is 0 Å². The lowest BCUT2D eigenvalue weighted by molar-refractivity contribution is -0.139. The summed E-state index contributed by atoms with van der Waals surface area (Å²) in [6.07, 6.45) is 6.54. The molecule has 1 atom stereocenters. The average molecular weight is 364 g/mol. The summed E-state index contributed by atoms with van der Waals surface area (Å²) in [6, 6.07) is 19.2. The largest absolute Gasteiger partial charge is 0.324 e. The highest BCUT2D eigenvalue weighted by molar-refractivity contribution is 5.89. The van der Waals surface area contributed by atoms with Crippen LogP contribution in [0.15, 0.2) is 60.7 Å². The molecular weight excluding hydrogens is 334 g/mol. The highest BCUT2D eigenvalue weighted by Gasteiger charge is 2.31. The Kier molecular flexibility index (Phi) is 6.80. The van der Waals surface area contributed by atoms with Gasteiger partial charge in [-0.15, -0.1) is 0 Å². The molecule has 3 nitrogen and oxygen atoms in total. The third-order valence-corrected chi connectivity index (χ3v) is 5.55. The second-order valence-electron chi connectivity index (χ2n) is 7.62. The standard InChI is InChI=1S/C24H29NO2/c1-19(26)25(18-21-13-7-3-8-14-21)24(22-15-9-4-10-16-22)23(27)17-20-11-5-2-6-12-20/h3-4,7-10,13-16,20,24H,2,5-6,11-12,17-18H2,1H3. The summed E-state index contributed by atoms with van der Waals surface area (Å²) in [5.74, 6) is 0.562. The summed E-state index contributed by atoms with van der Waals surface area (Å²) in [5.41, 5.74) is 1.95. The lowest BCUT2D eigenvalue weighted by atomic mass is 9.83. The van der Waals surface area contributed by atoms with E-state index in [0.717, 1.165) is 24.0 Å². The molecule has 1 fully saturated rings. The minimum Gasteiger partial charge on any atom is -0.324 e. The molecule has 3 rings (SSSR count). The molecule has 0 saturated heterocycles. The highest BCUT2D eigenvalue weighted by Crippen LogP contribution is 2.31. The number of carbonyl (C=O) groups is 2. The van der Waals surface area contributed by atoms with Gasteiger partial charge in [0.2, 0.25) is 5.91 Å². The van der Waals surface area contributed by atoms with Gasteiger partial charge < -0.3 is 4.90 Å². The molecule has 1 aliphatic carbocycles. The first-order chi connectivity index (χ1) is 13.1. The van der Waals surface area contributed by atoms with Gasteiger partial charge in [0, 0.05) is 19.9 Å². The molecule has 1 unspecified atom stereocenters. The predicted molar refractivity (Wildman–Crippen MR) is 108 cm³/mol. The van der Waals surface area contributed by atoms with Crippen LogP contribution < -0.4 is 0 Å². The van der Waals surface area contributed by atoms with E-state index >= 15 is 0 Å². The van der Waals surface area contributed by atoms with Crippen molar-refractivity contribution in [3.05, 3.63) is 71.8 Å². The summed E-state index contributed by atoms with van der Waals surface area (Å²) < 4.78 is 0. The van der Waals surface area contributed by atoms with E-state index in [9.17, 15) is 9.59 Å². The van der Waals surface area contributed by atoms with Gasteiger partial charge in [-0.2, -0.15) is 0 Å². The van der Waals surface area contributed by atoms with Crippen LogP contribution in [0.5, 0.6) is 0 Å². The lowest BCUT2D eigenvalue weighted by Gasteiger charge is -2.32. The second kappa shape index (κ2) is 9.50. The first kappa shape index (κ1) is 19.3. The van der Waals surface area contributed by atoms with Gasteiger partial charge >= 0.3 is 0 Å². The summed E-state index contributed by atoms with van der Waals surface area (Å²) in [6.45, 7) is 2.01. The van der Waals surface area contributed by atoms with Gasteiger partial charge in [-0.05, 0) is 17.0 Å². The van der Waals surface area contributed by atoms with Gasteiger partial charge in [-0.25, -0.2) is 0 Å². The number of hydrogen-bond donors (Lipinski definition) is 0. The molecule has 3 heteroatoms. The number of Topliss-reactive ketones (excluding diaryl/α,β-unsaturated/α-hetero) is 1. The van der Waals surface area contributed by atoms with Crippen molar-refractivity contribution in [1.82, 2.24) is 4.90 Å². The van der Waals surface area contributed by atoms with Crippen molar-refractivity contribution in [2.75, 3.05) is 0 Å². The van der Waals surface area contributed by atoms with Crippen LogP contribution in [-0.2, 0) is 16.1 Å². The smallest absolute Gasteiger partial charge is 0.220 e. The summed E-state index contributed by atoms with van der Waals surface area (Å²) >= 11 is 0. The Labute approximate surface area is 162 Å². The summed E-state index contributed by atoms with van der Waals surface area (Å²) in [7, 11) is 0. The van der Waals surface area contributed by atoms with E-state index in [0.29, 0.717) is 18.9 Å². The van der Waals surface area contributed by atoms with Crippen LogP contribution in [0.1, 0.15) is 62.6 Å². The SMILES string of the molecule is CC(=O)N(Cc1ccccc1)C(C(=O)CC1CCCCC1)c1ccccc1. The Bertz CT molecular complexity index is 735. The monoisotopic (exact) mass is 363 g/mol. The quantitative estimate of drug-likeness (QED) is 0.668. The number of benzene rings is 2. The van der Waals surface area contributed by atoms with Crippen molar-refractivity contribution in [2.24, 2.45) is 5.92 Å². The topological polar surface area (TPSA) is 37.4 Å². The van der Waals surface area contributed by atoms with Gasteiger partial charge in [0.1, 0.15) is 6.04 Å². The van der Waals surface area contributed by atoms with Crippen molar-refractivity contribution < 1.29 is 9.59 Å². The number of carbonyl (C=O) groups excluding carboxylic acids is 2. The normalized spacial score (nSPS) is 15.9. The van der Waals surface area contributed by atoms with Gasteiger partial charge in [-0.3, -0.25) is 9.59 Å². The van der Waals surface area contributed by atoms with Crippen molar-refractivity contribution in [2.45, 2.75) is 58.0 Å². The van der Waals surface area contributed by atoms with E-state index < -0.39 is 6.04 Å². The molecule has 0 heterocycles. The zero-order valence-corrected chi connectivity index (χ0v) is 16.1. The molecule has 0 aliphatic heterocycles. The van der Waals surface area contributed by atoms with Crippen LogP contribution in [0.25, 0.3) is 0 Å². The third kappa shape index (κ3) is 5.29. The fourth-order valence-corrected chi connectivity index (χ4v) is 4.13. The average Bonchev–Trinajstić information content (AvgIpc) is 2.70. The molecule has 1 aliphatic rings. The maximum atomic E-state index is 13.4. The van der Waals surface area contributed by atoms with E-state index in [1.54, 1.807) is 11.8 Å². The van der Waals surface area contributed by atoms with Crippen LogP contribution in [0.4, 0.5) is 0 Å². The fourth-order valence-electron chi connectivity index (χ4n) is 4.13. The molecule has 0 bridgehead atoms. The molecule has 1 amide bonds. The third-order valence-electron chi connectivity index (χ3n) is 5.55. The van der Waals surface area contributed by atoms with E-state index in [4.69, 9.17) is 0 Å². The molecule has 2 aromatic rings. The maximum Gasteiger partial charge on any atom is 0.220 e. The van der Waals surface area contributed by atoms with Gasteiger partial charge in [0.15, 0.2) is 5.78 Å². The van der Waals surface area contributed by atoms with Crippen LogP contribution >= 0.6 is 0 Å². The van der Waals surface area contributed by atoms with Crippen molar-refractivity contribution >= 4 is 11.7 Å². The second-order valence-corrected chi connectivity index (χ2v) is 7.62. The first-order valence-electron chi connectivity index (χ1n) is 10.0. The zero-order valence-electron chi connectivity index (χ0n) is 16.1. The molecule has 2 aromatic carbocycles. The summed E-state index contributed by atoms with van der Waals surface area (Å²) in [4.78, 5) is 27.6. The van der Waals surface area contributed by atoms with Crippen LogP contribution in [0, 0.1) is 5.92 Å². The van der Waals surface area contributed by atoms with Crippen molar-refractivity contribution in [1.29, 1.82) is 0 Å². The zero-order chi connectivity index (χ0) is 19.1. The van der Waals surface area contributed by atoms with Crippen molar-refractivity contribution in [3.8, 4) is 0 Å². The number of amides is 1. The molecule has 1 saturated carbocycles. The van der Waals surface area contributed by atoms with E-state index in [1.807, 2.05) is 60.7 Å². The minimum absolute atomic E-state index is 0.0651. The molecule has 27 heavy (non-hydrogen) atoms. The van der Waals surface area contributed by atoms with E-state index in [1.165, 1.54) is 19.3 Å². The highest BCUT2D eigenvalue weighted by atomic mass is 16.2. The van der Waals surface area contributed by atoms with Crippen LogP contribution in [0.3, 0.4) is 0 Å². The molecule has 0 spiro atoms. The molecule has 0 N–H and O–H groups in total.